The van der Waals surface area contributed by atoms with Crippen molar-refractivity contribution in [3.05, 3.63) is 10.1 Å². The number of carbonyl (C=O) groups is 1. The van der Waals surface area contributed by atoms with Crippen molar-refractivity contribution in [2.24, 2.45) is 5.73 Å². The fourth-order valence-electron chi connectivity index (χ4n) is 1.56. The number of unbranched alkanes of at least 4 members (excludes halogenated alkanes) is 4. The summed E-state index contributed by atoms with van der Waals surface area (Å²) in [4.78, 5) is 20.5. The Hall–Kier alpha value is -1.86. The number of aliphatic carboxylic acids is 1. The molecule has 0 heterocycles. The van der Waals surface area contributed by atoms with Crippen LogP contribution in [0.3, 0.4) is 0 Å². The Morgan fingerprint density at radius 2 is 1.89 bits per heavy atom. The van der Waals surface area contributed by atoms with E-state index in [2.05, 4.69) is 5.32 Å². The molecule has 18 heavy (non-hydrogen) atoms. The largest absolute Gasteiger partial charge is 0.480 e. The Morgan fingerprint density at radius 1 is 1.33 bits per heavy atom. The highest BCUT2D eigenvalue weighted by Gasteiger charge is 2.16. The maximum atomic E-state index is 10.8. The number of hydrogen-bond acceptors (Lipinski definition) is 4. The minimum atomic E-state index is -1.03. The van der Waals surface area contributed by atoms with Gasteiger partial charge in [-0.25, -0.2) is 4.79 Å². The van der Waals surface area contributed by atoms with Gasteiger partial charge < -0.3 is 16.2 Å². The van der Waals surface area contributed by atoms with E-state index in [1.165, 1.54) is 0 Å². The average Bonchev–Trinajstić information content (AvgIpc) is 2.25. The molecular formula is C10H20N4O4. The van der Waals surface area contributed by atoms with E-state index in [0.717, 1.165) is 19.3 Å². The number of hydrogen-bond donors (Lipinski definition) is 4. The summed E-state index contributed by atoms with van der Waals surface area (Å²) in [5.41, 5.74) is 5.07. The number of carboxylic acid groups (broad SMARTS) is 1. The van der Waals surface area contributed by atoms with Crippen LogP contribution in [-0.4, -0.2) is 34.5 Å². The molecule has 0 aromatic rings. The summed E-state index contributed by atoms with van der Waals surface area (Å²) >= 11 is 0. The van der Waals surface area contributed by atoms with Crippen LogP contribution < -0.4 is 11.1 Å². The van der Waals surface area contributed by atoms with Crippen molar-refractivity contribution < 1.29 is 14.8 Å². The van der Waals surface area contributed by atoms with Gasteiger partial charge in [0.25, 0.3) is 0 Å². The molecule has 0 spiro atoms. The van der Waals surface area contributed by atoms with E-state index in [1.54, 1.807) is 0 Å². The minimum absolute atomic E-state index is 0.0103. The molecule has 0 saturated heterocycles. The highest BCUT2D eigenvalue weighted by atomic mass is 16.6. The van der Waals surface area contributed by atoms with E-state index in [4.69, 9.17) is 16.2 Å². The van der Waals surface area contributed by atoms with Crippen molar-refractivity contribution in [1.29, 1.82) is 5.41 Å². The van der Waals surface area contributed by atoms with Crippen LogP contribution >= 0.6 is 0 Å². The van der Waals surface area contributed by atoms with E-state index >= 15 is 0 Å². The van der Waals surface area contributed by atoms with Gasteiger partial charge >= 0.3 is 5.97 Å². The van der Waals surface area contributed by atoms with Gasteiger partial charge in [0.15, 0.2) is 5.96 Å². The monoisotopic (exact) mass is 260 g/mol. The zero-order valence-electron chi connectivity index (χ0n) is 10.2. The second kappa shape index (κ2) is 9.20. The molecule has 0 aliphatic rings. The van der Waals surface area contributed by atoms with E-state index < -0.39 is 12.0 Å². The predicted molar refractivity (Wildman–Crippen MR) is 66.0 cm³/mol. The van der Waals surface area contributed by atoms with Crippen LogP contribution in [0, 0.1) is 15.5 Å². The van der Waals surface area contributed by atoms with Crippen molar-refractivity contribution >= 4 is 11.9 Å². The third kappa shape index (κ3) is 9.37. The second-order valence-corrected chi connectivity index (χ2v) is 4.06. The summed E-state index contributed by atoms with van der Waals surface area (Å²) in [5.74, 6) is -1.38. The van der Waals surface area contributed by atoms with E-state index in [1.807, 2.05) is 0 Å². The van der Waals surface area contributed by atoms with Crippen LogP contribution in [0.5, 0.6) is 0 Å². The van der Waals surface area contributed by atoms with Gasteiger partial charge in [-0.15, -0.1) is 0 Å². The molecule has 0 aliphatic heterocycles. The molecule has 0 bridgehead atoms. The van der Waals surface area contributed by atoms with Crippen LogP contribution in [-0.2, 0) is 4.79 Å². The molecule has 5 N–H and O–H groups in total. The van der Waals surface area contributed by atoms with Crippen LogP contribution in [0.1, 0.15) is 38.5 Å². The smallest absolute Gasteiger partial charge is 0.326 e. The van der Waals surface area contributed by atoms with Gasteiger partial charge in [0.2, 0.25) is 6.54 Å². The maximum Gasteiger partial charge on any atom is 0.326 e. The molecule has 0 aliphatic carbocycles. The zero-order valence-corrected chi connectivity index (χ0v) is 10.2. The van der Waals surface area contributed by atoms with Gasteiger partial charge in [0, 0.05) is 11.3 Å². The molecule has 1 unspecified atom stereocenters. The summed E-state index contributed by atoms with van der Waals surface area (Å²) in [6.45, 7) is -0.0103. The van der Waals surface area contributed by atoms with Gasteiger partial charge in [-0.3, -0.25) is 15.5 Å². The molecule has 8 heteroatoms. The second-order valence-electron chi connectivity index (χ2n) is 4.06. The molecule has 0 fully saturated rings. The van der Waals surface area contributed by atoms with E-state index in [-0.39, 0.29) is 17.4 Å². The maximum absolute atomic E-state index is 10.8. The molecule has 1 atom stereocenters. The molecule has 0 amide bonds. The summed E-state index contributed by atoms with van der Waals surface area (Å²) in [7, 11) is 0. The lowest BCUT2D eigenvalue weighted by atomic mass is 10.1. The number of nitrogens with two attached hydrogens (primary N) is 1. The van der Waals surface area contributed by atoms with Crippen LogP contribution in [0.15, 0.2) is 0 Å². The van der Waals surface area contributed by atoms with Gasteiger partial charge in [0.1, 0.15) is 6.04 Å². The van der Waals surface area contributed by atoms with Crippen LogP contribution in [0.4, 0.5) is 0 Å². The molecule has 0 rings (SSSR count). The van der Waals surface area contributed by atoms with Gasteiger partial charge in [-0.2, -0.15) is 0 Å². The molecule has 0 saturated carbocycles. The lowest BCUT2D eigenvalue weighted by molar-refractivity contribution is -0.480. The lowest BCUT2D eigenvalue weighted by Gasteiger charge is -2.13. The Balaban J connectivity index is 3.58. The highest BCUT2D eigenvalue weighted by molar-refractivity contribution is 5.82. The molecule has 0 radical (unpaired) electrons. The fourth-order valence-corrected chi connectivity index (χ4v) is 1.56. The standard InChI is InChI=1S/C10H20N4O4/c11-10(12)13-8(9(15)16)6-4-2-1-3-5-7-14(17)18/h8H,1-7H2,(H,15,16)(H4,11,12,13). The van der Waals surface area contributed by atoms with Crippen molar-refractivity contribution in [3.63, 3.8) is 0 Å². The third-order valence-corrected chi connectivity index (χ3v) is 2.46. The number of guanidine groups is 1. The topological polar surface area (TPSA) is 142 Å². The van der Waals surface area contributed by atoms with E-state index in [0.29, 0.717) is 19.3 Å². The number of rotatable bonds is 10. The number of nitrogens with one attached hydrogen (secondary N) is 2. The Kier molecular flexibility index (Phi) is 8.25. The summed E-state index contributed by atoms with van der Waals surface area (Å²) in [6.07, 6.45) is 4.08. The first-order valence-corrected chi connectivity index (χ1v) is 5.88. The lowest BCUT2D eigenvalue weighted by Crippen LogP contribution is -2.43. The summed E-state index contributed by atoms with van der Waals surface area (Å²) in [5, 5.41) is 28.2. The molecule has 0 aromatic heterocycles. The minimum Gasteiger partial charge on any atom is -0.480 e. The molecule has 104 valence electrons. The Morgan fingerprint density at radius 3 is 2.39 bits per heavy atom. The summed E-state index contributed by atoms with van der Waals surface area (Å²) < 4.78 is 0. The van der Waals surface area contributed by atoms with E-state index in [9.17, 15) is 14.9 Å². The third-order valence-electron chi connectivity index (χ3n) is 2.46. The SMILES string of the molecule is N=C(N)NC(CCCCCCC[N+](=O)[O-])C(=O)O. The first-order chi connectivity index (χ1) is 8.43. The molecule has 0 aromatic carbocycles. The predicted octanol–water partition coefficient (Wildman–Crippen LogP) is 0.540. The Bertz CT molecular complexity index is 296. The quantitative estimate of drug-likeness (QED) is 0.148. The van der Waals surface area contributed by atoms with Crippen molar-refractivity contribution in [1.82, 2.24) is 5.32 Å². The zero-order chi connectivity index (χ0) is 14.0. The fraction of sp³-hybridized carbons (Fsp3) is 0.800. The van der Waals surface area contributed by atoms with Gasteiger partial charge in [-0.1, -0.05) is 19.3 Å². The molecule has 8 nitrogen and oxygen atoms in total. The van der Waals surface area contributed by atoms with Crippen LogP contribution in [0.2, 0.25) is 0 Å². The van der Waals surface area contributed by atoms with Crippen LogP contribution in [0.25, 0.3) is 0 Å². The van der Waals surface area contributed by atoms with Gasteiger partial charge in [0.05, 0.1) is 0 Å². The normalized spacial score (nSPS) is 11.8. The average molecular weight is 260 g/mol. The van der Waals surface area contributed by atoms with Crippen molar-refractivity contribution in [3.8, 4) is 0 Å². The Labute approximate surface area is 105 Å². The first-order valence-electron chi connectivity index (χ1n) is 5.88. The number of nitro groups is 1. The van der Waals surface area contributed by atoms with Crippen molar-refractivity contribution in [2.45, 2.75) is 44.6 Å². The van der Waals surface area contributed by atoms with Crippen molar-refractivity contribution in [2.75, 3.05) is 6.54 Å². The summed E-state index contributed by atoms with van der Waals surface area (Å²) in [6, 6.07) is -0.832. The number of carboxylic acids is 1. The molecular weight excluding hydrogens is 240 g/mol. The number of nitrogens with zero attached hydrogens (tertiary/aromatic N) is 1. The highest BCUT2D eigenvalue weighted by Crippen LogP contribution is 2.07. The van der Waals surface area contributed by atoms with Gasteiger partial charge in [-0.05, 0) is 12.8 Å². The first kappa shape index (κ1) is 16.1.